The van der Waals surface area contributed by atoms with Gasteiger partial charge in [0.25, 0.3) is 8.32 Å². The van der Waals surface area contributed by atoms with Crippen LogP contribution in [0.5, 0.6) is 0 Å². The number of ketones is 1. The van der Waals surface area contributed by atoms with Gasteiger partial charge in [-0.2, -0.15) is 0 Å². The molecule has 0 spiro atoms. The standard InChI is InChI=1S/C28H50O5Si/c1-17(2)34(18(3)4,19(5)6)33-25-16-21(28(8,9)26(30)20(25)7)15-23-22(27(31-10)32-11)13-12-14-24(23)29/h17-19,21,24,27,29H,12-16H2,1-11H3/t21-,24+/m1/s1. The molecule has 0 bridgehead atoms. The predicted octanol–water partition coefficient (Wildman–Crippen LogP) is 6.92. The Morgan fingerprint density at radius 1 is 1.03 bits per heavy atom. The maximum atomic E-state index is 13.7. The van der Waals surface area contributed by atoms with Crippen LogP contribution in [0.4, 0.5) is 0 Å². The molecule has 2 rings (SSSR count). The zero-order valence-electron chi connectivity index (χ0n) is 23.6. The third kappa shape index (κ3) is 5.40. The summed E-state index contributed by atoms with van der Waals surface area (Å²) >= 11 is 0. The zero-order valence-corrected chi connectivity index (χ0v) is 24.6. The molecule has 2 aliphatic rings. The minimum atomic E-state index is -2.18. The second-order valence-corrected chi connectivity index (χ2v) is 17.3. The van der Waals surface area contributed by atoms with Crippen LogP contribution < -0.4 is 0 Å². The number of carbonyl (C=O) groups is 1. The minimum absolute atomic E-state index is 0.0454. The lowest BCUT2D eigenvalue weighted by atomic mass is 9.64. The number of hydrogen-bond donors (Lipinski definition) is 1. The quantitative estimate of drug-likeness (QED) is 0.203. The molecule has 1 N–H and O–H groups in total. The molecular weight excluding hydrogens is 444 g/mol. The summed E-state index contributed by atoms with van der Waals surface area (Å²) < 4.78 is 18.2. The van der Waals surface area contributed by atoms with Crippen molar-refractivity contribution in [3.8, 4) is 0 Å². The van der Waals surface area contributed by atoms with Crippen molar-refractivity contribution in [3.05, 3.63) is 22.5 Å². The molecule has 2 atom stereocenters. The second kappa shape index (κ2) is 11.4. The average molecular weight is 495 g/mol. The number of aliphatic hydroxyl groups excluding tert-OH is 1. The summed E-state index contributed by atoms with van der Waals surface area (Å²) in [6.45, 7) is 19.7. The van der Waals surface area contributed by atoms with Crippen molar-refractivity contribution >= 4 is 14.1 Å². The number of Topliss-reactive ketones (excluding diaryl/α,β-unsaturated/α-hetero) is 1. The SMILES string of the molecule is COC(OC)C1=C(C[C@@H]2CC(O[Si](C(C)C)(C(C)C)C(C)C)=C(C)C(=O)C2(C)C)[C@@H](O)CCC1. The normalized spacial score (nSPS) is 24.3. The highest BCUT2D eigenvalue weighted by atomic mass is 28.4. The van der Waals surface area contributed by atoms with E-state index in [1.54, 1.807) is 14.2 Å². The molecule has 0 heterocycles. The van der Waals surface area contributed by atoms with E-state index in [4.69, 9.17) is 13.9 Å². The fourth-order valence-corrected chi connectivity index (χ4v) is 12.0. The predicted molar refractivity (Wildman–Crippen MR) is 141 cm³/mol. The smallest absolute Gasteiger partial charge is 0.258 e. The summed E-state index contributed by atoms with van der Waals surface area (Å²) in [6, 6.07) is 0. The molecule has 6 heteroatoms. The number of methoxy groups -OCH3 is 2. The highest BCUT2D eigenvalue weighted by molar-refractivity contribution is 6.77. The largest absolute Gasteiger partial charge is 0.545 e. The Balaban J connectivity index is 2.51. The molecule has 0 aromatic carbocycles. The van der Waals surface area contributed by atoms with E-state index >= 15 is 0 Å². The van der Waals surface area contributed by atoms with Crippen molar-refractivity contribution in [1.82, 2.24) is 0 Å². The van der Waals surface area contributed by atoms with Gasteiger partial charge in [0.05, 0.1) is 11.9 Å². The van der Waals surface area contributed by atoms with Gasteiger partial charge in [0.2, 0.25) is 0 Å². The van der Waals surface area contributed by atoms with Gasteiger partial charge in [-0.15, -0.1) is 0 Å². The third-order valence-corrected chi connectivity index (χ3v) is 14.7. The van der Waals surface area contributed by atoms with Crippen LogP contribution in [-0.2, 0) is 18.7 Å². The number of ether oxygens (including phenoxy) is 2. The van der Waals surface area contributed by atoms with Crippen molar-refractivity contribution in [1.29, 1.82) is 0 Å². The molecular formula is C28H50O5Si. The minimum Gasteiger partial charge on any atom is -0.545 e. The Hall–Kier alpha value is -0.953. The summed E-state index contributed by atoms with van der Waals surface area (Å²) in [4.78, 5) is 13.7. The molecule has 0 aromatic heterocycles. The van der Waals surface area contributed by atoms with Gasteiger partial charge in [0.15, 0.2) is 12.1 Å². The fourth-order valence-electron chi connectivity index (χ4n) is 6.66. The van der Waals surface area contributed by atoms with Gasteiger partial charge < -0.3 is 19.0 Å². The van der Waals surface area contributed by atoms with Gasteiger partial charge >= 0.3 is 0 Å². The van der Waals surface area contributed by atoms with Crippen LogP contribution in [0.3, 0.4) is 0 Å². The van der Waals surface area contributed by atoms with E-state index in [0.29, 0.717) is 23.0 Å². The van der Waals surface area contributed by atoms with Gasteiger partial charge in [-0.3, -0.25) is 4.79 Å². The first-order valence-electron chi connectivity index (χ1n) is 13.1. The Morgan fingerprint density at radius 2 is 1.56 bits per heavy atom. The van der Waals surface area contributed by atoms with E-state index in [1.807, 2.05) is 6.92 Å². The van der Waals surface area contributed by atoms with Crippen LogP contribution in [0.25, 0.3) is 0 Å². The van der Waals surface area contributed by atoms with Crippen molar-refractivity contribution in [2.24, 2.45) is 11.3 Å². The first-order valence-corrected chi connectivity index (χ1v) is 15.3. The molecule has 2 aliphatic carbocycles. The zero-order chi connectivity index (χ0) is 26.0. The van der Waals surface area contributed by atoms with E-state index < -0.39 is 26.1 Å². The molecule has 0 aromatic rings. The van der Waals surface area contributed by atoms with Gasteiger partial charge in [-0.05, 0) is 66.3 Å². The molecule has 196 valence electrons. The highest BCUT2D eigenvalue weighted by Crippen LogP contribution is 2.50. The molecule has 0 fully saturated rings. The van der Waals surface area contributed by atoms with Gasteiger partial charge in [-0.1, -0.05) is 55.4 Å². The number of rotatable bonds is 10. The second-order valence-electron chi connectivity index (χ2n) is 11.9. The molecule has 0 amide bonds. The van der Waals surface area contributed by atoms with Gasteiger partial charge in [0, 0.05) is 31.6 Å². The monoisotopic (exact) mass is 494 g/mol. The molecule has 0 saturated heterocycles. The Morgan fingerprint density at radius 3 is 2.03 bits per heavy atom. The number of allylic oxidation sites excluding steroid dienone is 2. The molecule has 0 aliphatic heterocycles. The number of carbonyl (C=O) groups excluding carboxylic acids is 1. The topological polar surface area (TPSA) is 65.0 Å². The molecule has 0 saturated carbocycles. The molecule has 0 unspecified atom stereocenters. The van der Waals surface area contributed by atoms with E-state index in [2.05, 4.69) is 55.4 Å². The molecule has 34 heavy (non-hydrogen) atoms. The first kappa shape index (κ1) is 29.3. The highest BCUT2D eigenvalue weighted by Gasteiger charge is 2.50. The lowest BCUT2D eigenvalue weighted by molar-refractivity contribution is -0.127. The third-order valence-electron chi connectivity index (χ3n) is 8.72. The summed E-state index contributed by atoms with van der Waals surface area (Å²) in [5.41, 5.74) is 3.60. The lowest BCUT2D eigenvalue weighted by Crippen LogP contribution is -2.49. The first-order chi connectivity index (χ1) is 15.7. The molecule has 0 radical (unpaired) electrons. The summed E-state index contributed by atoms with van der Waals surface area (Å²) in [7, 11) is 1.09. The van der Waals surface area contributed by atoms with E-state index in [9.17, 15) is 9.90 Å². The van der Waals surface area contributed by atoms with Crippen LogP contribution in [0.15, 0.2) is 22.5 Å². The van der Waals surface area contributed by atoms with E-state index in [1.165, 1.54) is 0 Å². The maximum absolute atomic E-state index is 13.7. The Kier molecular flexibility index (Phi) is 9.82. The summed E-state index contributed by atoms with van der Waals surface area (Å²) in [5, 5.41) is 11.0. The van der Waals surface area contributed by atoms with Gasteiger partial charge in [-0.25, -0.2) is 0 Å². The summed E-state index contributed by atoms with van der Waals surface area (Å²) in [5.74, 6) is 1.10. The van der Waals surface area contributed by atoms with Crippen molar-refractivity contribution in [3.63, 3.8) is 0 Å². The maximum Gasteiger partial charge on any atom is 0.258 e. The van der Waals surface area contributed by atoms with Crippen molar-refractivity contribution in [2.75, 3.05) is 14.2 Å². The van der Waals surface area contributed by atoms with E-state index in [-0.39, 0.29) is 11.7 Å². The lowest BCUT2D eigenvalue weighted by Gasteiger charge is -2.47. The van der Waals surface area contributed by atoms with Crippen molar-refractivity contribution in [2.45, 2.75) is 123 Å². The average Bonchev–Trinajstić information content (AvgIpc) is 2.75. The van der Waals surface area contributed by atoms with Crippen LogP contribution >= 0.6 is 0 Å². The van der Waals surface area contributed by atoms with Crippen LogP contribution in [0, 0.1) is 11.3 Å². The van der Waals surface area contributed by atoms with Gasteiger partial charge in [0.1, 0.15) is 0 Å². The number of hydrogen-bond acceptors (Lipinski definition) is 5. The molecule has 5 nitrogen and oxygen atoms in total. The Bertz CT molecular complexity index is 767. The van der Waals surface area contributed by atoms with Crippen LogP contribution in [0.1, 0.15) is 94.4 Å². The van der Waals surface area contributed by atoms with E-state index in [0.717, 1.165) is 48.2 Å². The number of aliphatic hydroxyl groups is 1. The Labute approximate surface area is 209 Å². The van der Waals surface area contributed by atoms with Crippen molar-refractivity contribution < 1.29 is 23.8 Å². The van der Waals surface area contributed by atoms with Crippen LogP contribution in [-0.4, -0.2) is 45.8 Å². The fraction of sp³-hybridized carbons (Fsp3) is 0.821. The van der Waals surface area contributed by atoms with Crippen LogP contribution in [0.2, 0.25) is 16.6 Å². The summed E-state index contributed by atoms with van der Waals surface area (Å²) in [6.07, 6.45) is 2.90.